The van der Waals surface area contributed by atoms with Crippen molar-refractivity contribution < 1.29 is 31.9 Å². The van der Waals surface area contributed by atoms with Crippen LogP contribution in [0, 0.1) is 0 Å². The van der Waals surface area contributed by atoms with Crippen LogP contribution in [0.5, 0.6) is 0 Å². The highest BCUT2D eigenvalue weighted by Crippen LogP contribution is 2.11. The normalized spacial score (nSPS) is 11.3. The Morgan fingerprint density at radius 3 is 1.04 bits per heavy atom. The van der Waals surface area contributed by atoms with Gasteiger partial charge in [0.15, 0.2) is 0 Å². The molecular weight excluding hydrogens is 384 g/mol. The van der Waals surface area contributed by atoms with Gasteiger partial charge in [-0.05, 0) is 5.70 Å². The minimum Gasteiger partial charge on any atom is -0.409 e. The number of hydrogen-bond donors (Lipinski definition) is 0. The second-order valence-electron chi connectivity index (χ2n) is 5.00. The molecule has 0 saturated carbocycles. The fourth-order valence-electron chi connectivity index (χ4n) is 1.60. The van der Waals surface area contributed by atoms with Crippen molar-refractivity contribution in [2.45, 2.75) is 0 Å². The highest BCUT2D eigenvalue weighted by Gasteiger charge is 2.37. The summed E-state index contributed by atoms with van der Waals surface area (Å²) in [5.74, 6) is 0. The lowest BCUT2D eigenvalue weighted by Gasteiger charge is -2.26. The number of rotatable bonds is 17. The predicted octanol–water partition coefficient (Wildman–Crippen LogP) is 2.39. The minimum atomic E-state index is -2.86. The monoisotopic (exact) mass is 420 g/mol. The van der Waals surface area contributed by atoms with E-state index in [0.29, 0.717) is 39.6 Å². The van der Waals surface area contributed by atoms with E-state index in [1.54, 1.807) is 51.2 Å². The van der Waals surface area contributed by atoms with Gasteiger partial charge in [-0.1, -0.05) is 23.7 Å². The fourth-order valence-corrected chi connectivity index (χ4v) is 4.31. The van der Waals surface area contributed by atoms with Crippen molar-refractivity contribution in [3.8, 4) is 0 Å². The lowest BCUT2D eigenvalue weighted by atomic mass is 10.8. The first kappa shape index (κ1) is 28.3. The van der Waals surface area contributed by atoms with Gasteiger partial charge in [0.05, 0.1) is 39.6 Å². The van der Waals surface area contributed by atoms with Crippen LogP contribution in [0.3, 0.4) is 0 Å². The summed E-state index contributed by atoms with van der Waals surface area (Å²) in [6.45, 7) is 17.3. The molecule has 0 aliphatic rings. The molecule has 0 fully saturated rings. The minimum absolute atomic E-state index is 0.398. The van der Waals surface area contributed by atoms with Crippen LogP contribution in [-0.4, -0.2) is 85.2 Å². The quantitative estimate of drug-likeness (QED) is 0.264. The third-order valence-electron chi connectivity index (χ3n) is 3.33. The summed E-state index contributed by atoms with van der Waals surface area (Å²) in [5.41, 5.74) is 6.96. The Kier molecular flexibility index (Phi) is 19.4. The van der Waals surface area contributed by atoms with Crippen LogP contribution in [0.4, 0.5) is 0 Å². The van der Waals surface area contributed by atoms with E-state index in [1.807, 2.05) is 0 Å². The van der Waals surface area contributed by atoms with E-state index in [9.17, 15) is 0 Å². The van der Waals surface area contributed by atoms with Crippen LogP contribution < -0.4 is 0 Å². The van der Waals surface area contributed by atoms with Crippen molar-refractivity contribution >= 4 is 17.1 Å². The molecular formula is C18H36O7Si2. The summed E-state index contributed by atoms with van der Waals surface area (Å²) in [7, 11) is 1.72. The van der Waals surface area contributed by atoms with Gasteiger partial charge < -0.3 is 31.9 Å². The highest BCUT2D eigenvalue weighted by atomic mass is 28.4. The van der Waals surface area contributed by atoms with Crippen LogP contribution in [0.15, 0.2) is 49.1 Å². The molecule has 0 N–H and O–H groups in total. The number of hydrogen-bond acceptors (Lipinski definition) is 7. The van der Waals surface area contributed by atoms with Gasteiger partial charge in [0.2, 0.25) is 0 Å². The Bertz CT molecular complexity index is 357. The van der Waals surface area contributed by atoms with E-state index >= 15 is 0 Å². The largest absolute Gasteiger partial charge is 0.529 e. The zero-order chi connectivity index (χ0) is 21.0. The molecule has 0 aliphatic heterocycles. The number of ether oxygens (including phenoxy) is 3. The van der Waals surface area contributed by atoms with Crippen LogP contribution >= 0.6 is 0 Å². The van der Waals surface area contributed by atoms with Gasteiger partial charge in [-0.3, -0.25) is 0 Å². The maximum Gasteiger partial charge on any atom is 0.529 e. The highest BCUT2D eigenvalue weighted by molar-refractivity contribution is 6.87. The maximum absolute atomic E-state index is 5.65. The van der Waals surface area contributed by atoms with E-state index in [4.69, 9.17) is 31.9 Å². The molecule has 0 atom stereocenters. The Morgan fingerprint density at radius 1 is 0.556 bits per heavy atom. The van der Waals surface area contributed by atoms with Gasteiger partial charge in [0.25, 0.3) is 8.32 Å². The summed E-state index contributed by atoms with van der Waals surface area (Å²) < 4.78 is 36.9. The first-order valence-electron chi connectivity index (χ1n) is 8.47. The number of methoxy groups -OCH3 is 3. The lowest BCUT2D eigenvalue weighted by Crippen LogP contribution is -2.46. The zero-order valence-electron chi connectivity index (χ0n) is 17.2. The van der Waals surface area contributed by atoms with E-state index < -0.39 is 17.1 Å². The van der Waals surface area contributed by atoms with Crippen LogP contribution in [0.1, 0.15) is 0 Å². The molecule has 0 heterocycles. The summed E-state index contributed by atoms with van der Waals surface area (Å²) >= 11 is 0. The smallest absolute Gasteiger partial charge is 0.409 e. The lowest BCUT2D eigenvalue weighted by molar-refractivity contribution is 0.0232. The van der Waals surface area contributed by atoms with Gasteiger partial charge in [0, 0.05) is 28.4 Å². The molecule has 27 heavy (non-hydrogen) atoms. The van der Waals surface area contributed by atoms with Crippen LogP contribution in [0.25, 0.3) is 0 Å². The van der Waals surface area contributed by atoms with Gasteiger partial charge in [-0.25, -0.2) is 0 Å². The zero-order valence-corrected chi connectivity index (χ0v) is 19.2. The van der Waals surface area contributed by atoms with Crippen molar-refractivity contribution in [2.24, 2.45) is 0 Å². The molecule has 0 bridgehead atoms. The molecule has 0 unspecified atom stereocenters. The topological polar surface area (TPSA) is 64.6 Å². The SMILES string of the molecule is C=C[Si](C=C)(C=C)OC.C=C[Si](OCCOC)(OCCOC)OCCOC. The molecule has 0 aromatic carbocycles. The molecule has 0 saturated heterocycles. The third-order valence-corrected chi connectivity index (χ3v) is 8.27. The fraction of sp³-hybridized carbons (Fsp3) is 0.556. The van der Waals surface area contributed by atoms with Crippen molar-refractivity contribution in [3.05, 3.63) is 49.1 Å². The first-order chi connectivity index (χ1) is 13.0. The molecule has 0 aliphatic carbocycles. The van der Waals surface area contributed by atoms with Crippen molar-refractivity contribution in [3.63, 3.8) is 0 Å². The molecule has 0 spiro atoms. The van der Waals surface area contributed by atoms with Gasteiger partial charge in [-0.2, -0.15) is 0 Å². The molecule has 0 rings (SSSR count). The van der Waals surface area contributed by atoms with Crippen LogP contribution in [-0.2, 0) is 31.9 Å². The Morgan fingerprint density at radius 2 is 0.889 bits per heavy atom. The Balaban J connectivity index is 0. The maximum atomic E-state index is 5.65. The summed E-state index contributed by atoms with van der Waals surface area (Å²) in [6, 6.07) is 0. The first-order valence-corrected chi connectivity index (χ1v) is 12.4. The molecule has 0 aromatic heterocycles. The van der Waals surface area contributed by atoms with E-state index in [0.717, 1.165) is 0 Å². The average molecular weight is 421 g/mol. The molecule has 0 aromatic rings. The average Bonchev–Trinajstić information content (AvgIpc) is 2.71. The van der Waals surface area contributed by atoms with E-state index in [2.05, 4.69) is 26.3 Å². The second-order valence-corrected chi connectivity index (χ2v) is 10.8. The summed E-state index contributed by atoms with van der Waals surface area (Å²) in [5, 5.41) is 0. The van der Waals surface area contributed by atoms with Crippen LogP contribution in [0.2, 0.25) is 0 Å². The van der Waals surface area contributed by atoms with Crippen molar-refractivity contribution in [1.29, 1.82) is 0 Å². The summed E-state index contributed by atoms with van der Waals surface area (Å²) in [6.07, 6.45) is 0. The Hall–Kier alpha value is -0.886. The summed E-state index contributed by atoms with van der Waals surface area (Å²) in [4.78, 5) is 0. The molecule has 0 amide bonds. The van der Waals surface area contributed by atoms with Gasteiger partial charge >= 0.3 is 8.80 Å². The van der Waals surface area contributed by atoms with Crippen molar-refractivity contribution in [2.75, 3.05) is 68.1 Å². The van der Waals surface area contributed by atoms with Gasteiger partial charge in [-0.15, -0.1) is 19.7 Å². The Labute approximate surface area is 166 Å². The molecule has 158 valence electrons. The third kappa shape index (κ3) is 13.0. The van der Waals surface area contributed by atoms with Crippen molar-refractivity contribution in [1.82, 2.24) is 0 Å². The second kappa shape index (κ2) is 18.5. The molecule has 0 radical (unpaired) electrons. The standard InChI is InChI=1S/C11H24O6Si.C7H12OSi/c1-5-18(15-9-6-12-2,16-10-7-13-3)17-11-8-14-4;1-5-9(6-2,7-3)8-4/h5H,1,6-11H2,2-4H3;5-7H,1-3H2,4H3. The van der Waals surface area contributed by atoms with E-state index in [1.165, 1.54) is 0 Å². The van der Waals surface area contributed by atoms with E-state index in [-0.39, 0.29) is 0 Å². The predicted molar refractivity (Wildman–Crippen MR) is 113 cm³/mol. The molecule has 9 heteroatoms. The van der Waals surface area contributed by atoms with Gasteiger partial charge in [0.1, 0.15) is 0 Å². The molecule has 7 nitrogen and oxygen atoms in total.